The molecular formula is C15H26N2O. The van der Waals surface area contributed by atoms with Crippen LogP contribution in [0.4, 0.5) is 0 Å². The van der Waals surface area contributed by atoms with E-state index in [1.807, 2.05) is 0 Å². The summed E-state index contributed by atoms with van der Waals surface area (Å²) in [7, 11) is 0. The molecule has 2 N–H and O–H groups in total. The van der Waals surface area contributed by atoms with Gasteiger partial charge in [-0.15, -0.1) is 0 Å². The molecular weight excluding hydrogens is 224 g/mol. The zero-order chi connectivity index (χ0) is 12.5. The van der Waals surface area contributed by atoms with Gasteiger partial charge in [0.25, 0.3) is 0 Å². The van der Waals surface area contributed by atoms with Crippen LogP contribution in [-0.4, -0.2) is 25.0 Å². The molecule has 5 atom stereocenters. The quantitative estimate of drug-likeness (QED) is 0.732. The van der Waals surface area contributed by atoms with Gasteiger partial charge in [-0.05, 0) is 55.9 Å². The molecule has 18 heavy (non-hydrogen) atoms. The third kappa shape index (κ3) is 2.18. The number of hydrogen-bond acceptors (Lipinski definition) is 2. The summed E-state index contributed by atoms with van der Waals surface area (Å²) in [5.41, 5.74) is 0. The van der Waals surface area contributed by atoms with Crippen LogP contribution in [0.25, 0.3) is 0 Å². The van der Waals surface area contributed by atoms with Gasteiger partial charge in [-0.3, -0.25) is 4.79 Å². The molecule has 3 heteroatoms. The lowest BCUT2D eigenvalue weighted by Gasteiger charge is -2.32. The summed E-state index contributed by atoms with van der Waals surface area (Å²) >= 11 is 0. The fourth-order valence-electron chi connectivity index (χ4n) is 4.89. The minimum Gasteiger partial charge on any atom is -0.353 e. The normalized spacial score (nSPS) is 41.1. The largest absolute Gasteiger partial charge is 0.353 e. The Morgan fingerprint density at radius 1 is 1.17 bits per heavy atom. The number of amides is 1. The summed E-state index contributed by atoms with van der Waals surface area (Å²) in [6, 6.07) is 0.503. The van der Waals surface area contributed by atoms with E-state index in [1.165, 1.54) is 32.1 Å². The van der Waals surface area contributed by atoms with E-state index in [9.17, 15) is 4.79 Å². The number of hydrogen-bond donors (Lipinski definition) is 2. The average Bonchev–Trinajstić information content (AvgIpc) is 3.00. The first-order valence-corrected chi connectivity index (χ1v) is 7.79. The number of rotatable bonds is 5. The van der Waals surface area contributed by atoms with Crippen LogP contribution in [-0.2, 0) is 4.79 Å². The molecule has 5 unspecified atom stereocenters. The topological polar surface area (TPSA) is 41.1 Å². The molecule has 3 aliphatic rings. The van der Waals surface area contributed by atoms with Crippen molar-refractivity contribution in [3.8, 4) is 0 Å². The lowest BCUT2D eigenvalue weighted by Crippen LogP contribution is -2.43. The van der Waals surface area contributed by atoms with E-state index in [2.05, 4.69) is 17.6 Å². The lowest BCUT2D eigenvalue weighted by molar-refractivity contribution is -0.122. The molecule has 3 rings (SSSR count). The summed E-state index contributed by atoms with van der Waals surface area (Å²) in [4.78, 5) is 11.9. The van der Waals surface area contributed by atoms with Crippen LogP contribution >= 0.6 is 0 Å². The highest BCUT2D eigenvalue weighted by atomic mass is 16.1. The Labute approximate surface area is 110 Å². The van der Waals surface area contributed by atoms with Crippen molar-refractivity contribution in [2.24, 2.45) is 23.7 Å². The van der Waals surface area contributed by atoms with Crippen molar-refractivity contribution >= 4 is 5.91 Å². The van der Waals surface area contributed by atoms with Gasteiger partial charge in [0.2, 0.25) is 5.91 Å². The van der Waals surface area contributed by atoms with Crippen molar-refractivity contribution < 1.29 is 4.79 Å². The summed E-state index contributed by atoms with van der Waals surface area (Å²) in [6.07, 6.45) is 7.62. The molecule has 0 aromatic heterocycles. The zero-order valence-electron chi connectivity index (χ0n) is 11.5. The molecule has 3 nitrogen and oxygen atoms in total. The number of fused-ring (bicyclic) bond motifs is 5. The lowest BCUT2D eigenvalue weighted by atomic mass is 9.79. The Morgan fingerprint density at radius 2 is 2.00 bits per heavy atom. The smallest absolute Gasteiger partial charge is 0.221 e. The Hall–Kier alpha value is -0.570. The highest BCUT2D eigenvalue weighted by Gasteiger charge is 2.53. The summed E-state index contributed by atoms with van der Waals surface area (Å²) < 4.78 is 0. The number of carbonyl (C=O) groups is 1. The molecule has 3 saturated carbocycles. The third-order valence-corrected chi connectivity index (χ3v) is 5.55. The molecule has 0 radical (unpaired) electrons. The summed E-state index contributed by atoms with van der Waals surface area (Å²) in [5, 5.41) is 6.52. The monoisotopic (exact) mass is 250 g/mol. The van der Waals surface area contributed by atoms with Crippen LogP contribution in [0, 0.1) is 23.7 Å². The van der Waals surface area contributed by atoms with Crippen molar-refractivity contribution in [3.63, 3.8) is 0 Å². The summed E-state index contributed by atoms with van der Waals surface area (Å²) in [6.45, 7) is 3.84. The van der Waals surface area contributed by atoms with E-state index in [-0.39, 0.29) is 5.91 Å². The molecule has 0 heterocycles. The zero-order valence-corrected chi connectivity index (χ0v) is 11.5. The van der Waals surface area contributed by atoms with Crippen LogP contribution in [0.3, 0.4) is 0 Å². The van der Waals surface area contributed by atoms with Gasteiger partial charge in [0.05, 0.1) is 0 Å². The van der Waals surface area contributed by atoms with Gasteiger partial charge in [0, 0.05) is 19.0 Å². The second kappa shape index (κ2) is 5.20. The van der Waals surface area contributed by atoms with E-state index in [0.717, 1.165) is 36.8 Å². The van der Waals surface area contributed by atoms with Crippen molar-refractivity contribution in [1.29, 1.82) is 0 Å². The Morgan fingerprint density at radius 3 is 2.83 bits per heavy atom. The van der Waals surface area contributed by atoms with Crippen molar-refractivity contribution in [2.75, 3.05) is 13.1 Å². The first-order valence-electron chi connectivity index (χ1n) is 7.79. The molecule has 1 amide bonds. The highest BCUT2D eigenvalue weighted by Crippen LogP contribution is 2.58. The SMILES string of the molecule is CCNCCC(=O)NC1CC2CC1C1CCCC21. The highest BCUT2D eigenvalue weighted by molar-refractivity contribution is 5.76. The molecule has 3 aliphatic carbocycles. The molecule has 0 spiro atoms. The molecule has 0 aliphatic heterocycles. The molecule has 0 aromatic carbocycles. The van der Waals surface area contributed by atoms with E-state index in [1.54, 1.807) is 0 Å². The molecule has 102 valence electrons. The van der Waals surface area contributed by atoms with E-state index in [4.69, 9.17) is 0 Å². The van der Waals surface area contributed by atoms with Gasteiger partial charge in [0.1, 0.15) is 0 Å². The predicted octanol–water partition coefficient (Wildman–Crippen LogP) is 1.93. The Kier molecular flexibility index (Phi) is 3.60. The minimum absolute atomic E-state index is 0.253. The van der Waals surface area contributed by atoms with Crippen molar-refractivity contribution in [3.05, 3.63) is 0 Å². The van der Waals surface area contributed by atoms with Crippen LogP contribution < -0.4 is 10.6 Å². The standard InChI is InChI=1S/C15H26N2O/c1-2-16-7-6-15(18)17-14-9-10-8-13(14)12-5-3-4-11(10)12/h10-14,16H,2-9H2,1H3,(H,17,18). The molecule has 0 saturated heterocycles. The second-order valence-electron chi connectivity index (χ2n) is 6.43. The van der Waals surface area contributed by atoms with Crippen molar-refractivity contribution in [2.45, 2.75) is 51.5 Å². The first kappa shape index (κ1) is 12.5. The van der Waals surface area contributed by atoms with Gasteiger partial charge in [-0.1, -0.05) is 13.3 Å². The van der Waals surface area contributed by atoms with Gasteiger partial charge in [-0.25, -0.2) is 0 Å². The maximum Gasteiger partial charge on any atom is 0.221 e. The fourth-order valence-corrected chi connectivity index (χ4v) is 4.89. The third-order valence-electron chi connectivity index (χ3n) is 5.55. The van der Waals surface area contributed by atoms with E-state index < -0.39 is 0 Å². The van der Waals surface area contributed by atoms with Gasteiger partial charge >= 0.3 is 0 Å². The number of carbonyl (C=O) groups excluding carboxylic acids is 1. The summed E-state index contributed by atoms with van der Waals surface area (Å²) in [5.74, 6) is 3.96. The predicted molar refractivity (Wildman–Crippen MR) is 72.1 cm³/mol. The van der Waals surface area contributed by atoms with Gasteiger partial charge in [0.15, 0.2) is 0 Å². The Bertz CT molecular complexity index is 318. The maximum atomic E-state index is 11.9. The van der Waals surface area contributed by atoms with Crippen LogP contribution in [0.2, 0.25) is 0 Å². The van der Waals surface area contributed by atoms with Crippen molar-refractivity contribution in [1.82, 2.24) is 10.6 Å². The van der Waals surface area contributed by atoms with Crippen LogP contribution in [0.5, 0.6) is 0 Å². The number of nitrogens with one attached hydrogen (secondary N) is 2. The van der Waals surface area contributed by atoms with Gasteiger partial charge in [-0.2, -0.15) is 0 Å². The minimum atomic E-state index is 0.253. The van der Waals surface area contributed by atoms with Gasteiger partial charge < -0.3 is 10.6 Å². The van der Waals surface area contributed by atoms with E-state index >= 15 is 0 Å². The Balaban J connectivity index is 1.49. The fraction of sp³-hybridized carbons (Fsp3) is 0.933. The first-order chi connectivity index (χ1) is 8.79. The molecule has 0 aromatic rings. The molecule has 3 fully saturated rings. The van der Waals surface area contributed by atoms with Crippen LogP contribution in [0.15, 0.2) is 0 Å². The maximum absolute atomic E-state index is 11.9. The second-order valence-corrected chi connectivity index (χ2v) is 6.43. The molecule has 2 bridgehead atoms. The van der Waals surface area contributed by atoms with Crippen LogP contribution in [0.1, 0.15) is 45.4 Å². The van der Waals surface area contributed by atoms with E-state index in [0.29, 0.717) is 12.5 Å². The average molecular weight is 250 g/mol.